The Hall–Kier alpha value is -3.60. The van der Waals surface area contributed by atoms with Crippen molar-refractivity contribution in [3.63, 3.8) is 0 Å². The summed E-state index contributed by atoms with van der Waals surface area (Å²) in [6.07, 6.45) is -0.725. The number of rotatable bonds is 11. The predicted molar refractivity (Wildman–Crippen MR) is 112 cm³/mol. The second-order valence-electron chi connectivity index (χ2n) is 6.97. The van der Waals surface area contributed by atoms with Crippen LogP contribution in [0, 0.1) is 0 Å². The van der Waals surface area contributed by atoms with Crippen molar-refractivity contribution >= 4 is 34.9 Å². The van der Waals surface area contributed by atoms with Crippen molar-refractivity contribution in [2.45, 2.75) is 51.5 Å². The molecule has 0 bridgehead atoms. The largest absolute Gasteiger partial charge is 0.511 e. The molecule has 0 saturated carbocycles. The third-order valence-electron chi connectivity index (χ3n) is 4.52. The molecule has 174 valence electrons. The molecule has 0 aliphatic heterocycles. The summed E-state index contributed by atoms with van der Waals surface area (Å²) in [6, 6.07) is 5.12. The second-order valence-corrected chi connectivity index (χ2v) is 6.97. The van der Waals surface area contributed by atoms with Crippen LogP contribution in [0.2, 0.25) is 0 Å². The number of aliphatic carboxylic acids is 1. The van der Waals surface area contributed by atoms with Gasteiger partial charge in [-0.1, -0.05) is 18.2 Å². The van der Waals surface area contributed by atoms with Gasteiger partial charge >= 0.3 is 18.1 Å². The van der Waals surface area contributed by atoms with Crippen molar-refractivity contribution in [1.82, 2.24) is 10.3 Å². The monoisotopic (exact) mass is 449 g/mol. The van der Waals surface area contributed by atoms with Gasteiger partial charge in [0.2, 0.25) is 12.2 Å². The lowest BCUT2D eigenvalue weighted by molar-refractivity contribution is -0.171. The van der Waals surface area contributed by atoms with Gasteiger partial charge in [-0.05, 0) is 25.0 Å². The number of H-pyrrole nitrogens is 1. The molecule has 1 heterocycles. The first-order valence-corrected chi connectivity index (χ1v) is 10.1. The summed E-state index contributed by atoms with van der Waals surface area (Å²) in [5.41, 5.74) is 7.04. The van der Waals surface area contributed by atoms with Gasteiger partial charge in [-0.2, -0.15) is 0 Å². The van der Waals surface area contributed by atoms with Gasteiger partial charge in [-0.15, -0.1) is 0 Å². The number of hydrogen-bond acceptors (Lipinski definition) is 8. The number of ether oxygens (including phenoxy) is 3. The average molecular weight is 449 g/mol. The molecule has 1 aromatic heterocycles. The van der Waals surface area contributed by atoms with E-state index < -0.39 is 42.4 Å². The highest BCUT2D eigenvalue weighted by atomic mass is 16.8. The summed E-state index contributed by atoms with van der Waals surface area (Å²) < 4.78 is 14.6. The fourth-order valence-electron chi connectivity index (χ4n) is 2.95. The van der Waals surface area contributed by atoms with Gasteiger partial charge in [0.1, 0.15) is 12.1 Å². The number of nitrogens with two attached hydrogens (primary N) is 1. The lowest BCUT2D eigenvalue weighted by atomic mass is 10.0. The van der Waals surface area contributed by atoms with Crippen LogP contribution in [0.25, 0.3) is 10.9 Å². The summed E-state index contributed by atoms with van der Waals surface area (Å²) in [6.45, 7) is 3.03. The zero-order chi connectivity index (χ0) is 23.7. The molecule has 0 saturated heterocycles. The van der Waals surface area contributed by atoms with Crippen LogP contribution in [0.1, 0.15) is 32.3 Å². The number of benzene rings is 1. The maximum atomic E-state index is 12.7. The lowest BCUT2D eigenvalue weighted by Crippen LogP contribution is -2.45. The standard InChI is InChI=1S/C21H27N3O8/c1-3-30-21(29)32-12(2)31-20(28)17(24-18(25)9-8-15(22)19(26)27)10-13-11-23-16-7-5-4-6-14(13)16/h4-7,11-12,15,17,23H,3,8-10,22H2,1-2H3,(H,24,25)(H,26,27)/t12?,15-,17-/m1/s1. The number of carboxylic acid groups (broad SMARTS) is 1. The maximum Gasteiger partial charge on any atom is 0.511 e. The van der Waals surface area contributed by atoms with Crippen LogP contribution in [0.4, 0.5) is 4.79 Å². The fourth-order valence-corrected chi connectivity index (χ4v) is 2.95. The number of esters is 1. The third kappa shape index (κ3) is 7.27. The van der Waals surface area contributed by atoms with Gasteiger partial charge < -0.3 is 35.4 Å². The van der Waals surface area contributed by atoms with E-state index >= 15 is 0 Å². The maximum absolute atomic E-state index is 12.7. The van der Waals surface area contributed by atoms with E-state index in [2.05, 4.69) is 15.0 Å². The van der Waals surface area contributed by atoms with E-state index in [1.54, 1.807) is 13.1 Å². The Labute approximate surface area is 184 Å². The number of aromatic nitrogens is 1. The minimum Gasteiger partial charge on any atom is -0.480 e. The number of carbonyl (C=O) groups excluding carboxylic acids is 3. The van der Waals surface area contributed by atoms with E-state index in [1.807, 2.05) is 24.3 Å². The van der Waals surface area contributed by atoms with Crippen LogP contribution < -0.4 is 11.1 Å². The number of carbonyl (C=O) groups is 4. The van der Waals surface area contributed by atoms with E-state index in [0.717, 1.165) is 16.5 Å². The Morgan fingerprint density at radius 3 is 2.59 bits per heavy atom. The molecule has 2 rings (SSSR count). The molecular formula is C21H27N3O8. The topological polar surface area (TPSA) is 170 Å². The first-order valence-electron chi connectivity index (χ1n) is 10.1. The van der Waals surface area contributed by atoms with Gasteiger partial charge in [0.15, 0.2) is 0 Å². The Morgan fingerprint density at radius 2 is 1.91 bits per heavy atom. The Kier molecular flexibility index (Phi) is 9.02. The van der Waals surface area contributed by atoms with Crippen molar-refractivity contribution < 1.29 is 38.5 Å². The molecular weight excluding hydrogens is 422 g/mol. The van der Waals surface area contributed by atoms with E-state index in [1.165, 1.54) is 6.92 Å². The van der Waals surface area contributed by atoms with Crippen LogP contribution in [0.5, 0.6) is 0 Å². The molecule has 0 spiro atoms. The lowest BCUT2D eigenvalue weighted by Gasteiger charge is -2.20. The fraction of sp³-hybridized carbons (Fsp3) is 0.429. The van der Waals surface area contributed by atoms with Crippen LogP contribution >= 0.6 is 0 Å². The van der Waals surface area contributed by atoms with Gasteiger partial charge in [-0.3, -0.25) is 9.59 Å². The first-order chi connectivity index (χ1) is 15.2. The van der Waals surface area contributed by atoms with Gasteiger partial charge in [0.05, 0.1) is 6.61 Å². The first kappa shape index (κ1) is 24.7. The normalized spacial score (nSPS) is 13.6. The summed E-state index contributed by atoms with van der Waals surface area (Å²) >= 11 is 0. The van der Waals surface area contributed by atoms with Crippen LogP contribution in [0.3, 0.4) is 0 Å². The highest BCUT2D eigenvalue weighted by Gasteiger charge is 2.27. The Bertz CT molecular complexity index is 957. The third-order valence-corrected chi connectivity index (χ3v) is 4.52. The van der Waals surface area contributed by atoms with Gasteiger partial charge in [-0.25, -0.2) is 9.59 Å². The molecule has 0 aliphatic carbocycles. The molecule has 1 aromatic carbocycles. The highest BCUT2D eigenvalue weighted by Crippen LogP contribution is 2.20. The smallest absolute Gasteiger partial charge is 0.480 e. The predicted octanol–water partition coefficient (Wildman–Crippen LogP) is 1.45. The van der Waals surface area contributed by atoms with Gasteiger partial charge in [0.25, 0.3) is 0 Å². The number of hydrogen-bond donors (Lipinski definition) is 4. The van der Waals surface area contributed by atoms with E-state index in [0.29, 0.717) is 0 Å². The number of amides is 1. The van der Waals surface area contributed by atoms with Crippen molar-refractivity contribution in [2.24, 2.45) is 5.73 Å². The second kappa shape index (κ2) is 11.7. The number of aromatic amines is 1. The quantitative estimate of drug-likeness (QED) is 0.293. The molecule has 3 atom stereocenters. The number of nitrogens with one attached hydrogen (secondary N) is 2. The van der Waals surface area contributed by atoms with Crippen LogP contribution in [-0.2, 0) is 35.0 Å². The number of fused-ring (bicyclic) bond motifs is 1. The van der Waals surface area contributed by atoms with E-state index in [-0.39, 0.29) is 25.9 Å². The molecule has 0 radical (unpaired) electrons. The number of para-hydroxylation sites is 1. The van der Waals surface area contributed by atoms with Crippen molar-refractivity contribution in [2.75, 3.05) is 6.61 Å². The van der Waals surface area contributed by atoms with E-state index in [9.17, 15) is 19.2 Å². The molecule has 5 N–H and O–H groups in total. The molecule has 11 heteroatoms. The summed E-state index contributed by atoms with van der Waals surface area (Å²) in [5, 5.41) is 12.3. The van der Waals surface area contributed by atoms with Crippen LogP contribution in [-0.4, -0.2) is 59.1 Å². The zero-order valence-corrected chi connectivity index (χ0v) is 17.8. The molecule has 32 heavy (non-hydrogen) atoms. The van der Waals surface area contributed by atoms with Crippen molar-refractivity contribution in [3.8, 4) is 0 Å². The van der Waals surface area contributed by atoms with Crippen molar-refractivity contribution in [3.05, 3.63) is 36.0 Å². The molecule has 0 fully saturated rings. The Morgan fingerprint density at radius 1 is 1.19 bits per heavy atom. The van der Waals surface area contributed by atoms with E-state index in [4.69, 9.17) is 20.3 Å². The summed E-state index contributed by atoms with van der Waals surface area (Å²) in [4.78, 5) is 50.4. The SMILES string of the molecule is CCOC(=O)OC(C)OC(=O)[C@@H](Cc1c[nH]c2ccccc12)NC(=O)CC[C@@H](N)C(=O)O. The average Bonchev–Trinajstić information content (AvgIpc) is 3.14. The van der Waals surface area contributed by atoms with Gasteiger partial charge in [0, 0.05) is 36.9 Å². The summed E-state index contributed by atoms with van der Waals surface area (Å²) in [7, 11) is 0. The molecule has 11 nitrogen and oxygen atoms in total. The Balaban J connectivity index is 2.10. The number of carboxylic acids is 1. The minimum absolute atomic E-state index is 0.0890. The van der Waals surface area contributed by atoms with Crippen molar-refractivity contribution in [1.29, 1.82) is 0 Å². The highest BCUT2D eigenvalue weighted by molar-refractivity contribution is 5.87. The molecule has 2 aromatic rings. The van der Waals surface area contributed by atoms with Crippen LogP contribution in [0.15, 0.2) is 30.5 Å². The molecule has 0 aliphatic rings. The minimum atomic E-state index is -1.25. The zero-order valence-electron chi connectivity index (χ0n) is 17.8. The summed E-state index contributed by atoms with van der Waals surface area (Å²) in [5.74, 6) is -2.62. The molecule has 1 unspecified atom stereocenters. The molecule has 1 amide bonds.